The molecule has 0 aromatic carbocycles. The fraction of sp³-hybridized carbons (Fsp3) is 0.889. The first-order valence-corrected chi connectivity index (χ1v) is 4.74. The predicted octanol–water partition coefficient (Wildman–Crippen LogP) is 0.218. The first-order chi connectivity index (χ1) is 5.85. The SMILES string of the molecule is O=CNCCN1CCC2(CC2)C1. The lowest BCUT2D eigenvalue weighted by atomic mass is 10.1. The van der Waals surface area contributed by atoms with E-state index in [9.17, 15) is 4.79 Å². The summed E-state index contributed by atoms with van der Waals surface area (Å²) < 4.78 is 0. The average Bonchev–Trinajstić information content (AvgIpc) is 2.68. The van der Waals surface area contributed by atoms with Gasteiger partial charge in [0, 0.05) is 19.6 Å². The van der Waals surface area contributed by atoms with Gasteiger partial charge in [0.25, 0.3) is 0 Å². The van der Waals surface area contributed by atoms with E-state index in [1.165, 1.54) is 32.4 Å². The van der Waals surface area contributed by atoms with E-state index in [4.69, 9.17) is 0 Å². The summed E-state index contributed by atoms with van der Waals surface area (Å²) in [6.45, 7) is 4.34. The minimum absolute atomic E-state index is 0.723. The summed E-state index contributed by atoms with van der Waals surface area (Å²) in [5.74, 6) is 0. The van der Waals surface area contributed by atoms with Crippen LogP contribution in [0.2, 0.25) is 0 Å². The number of nitrogens with one attached hydrogen (secondary N) is 1. The van der Waals surface area contributed by atoms with Crippen molar-refractivity contribution in [3.05, 3.63) is 0 Å². The van der Waals surface area contributed by atoms with Crippen LogP contribution >= 0.6 is 0 Å². The lowest BCUT2D eigenvalue weighted by molar-refractivity contribution is -0.109. The molecule has 3 nitrogen and oxygen atoms in total. The minimum atomic E-state index is 0.723. The van der Waals surface area contributed by atoms with Gasteiger partial charge >= 0.3 is 0 Å². The molecule has 0 unspecified atom stereocenters. The Balaban J connectivity index is 1.66. The van der Waals surface area contributed by atoms with Gasteiger partial charge in [-0.1, -0.05) is 0 Å². The highest BCUT2D eigenvalue weighted by Gasteiger charge is 2.47. The Bertz CT molecular complexity index is 177. The van der Waals surface area contributed by atoms with E-state index >= 15 is 0 Å². The fourth-order valence-corrected chi connectivity index (χ4v) is 2.09. The van der Waals surface area contributed by atoms with Gasteiger partial charge in [-0.25, -0.2) is 0 Å². The molecule has 1 amide bonds. The molecule has 0 radical (unpaired) electrons. The van der Waals surface area contributed by atoms with Crippen molar-refractivity contribution in [2.45, 2.75) is 19.3 Å². The Morgan fingerprint density at radius 2 is 2.25 bits per heavy atom. The third kappa shape index (κ3) is 1.61. The molecule has 0 aromatic rings. The molecule has 68 valence electrons. The highest BCUT2D eigenvalue weighted by Crippen LogP contribution is 2.52. The van der Waals surface area contributed by atoms with E-state index in [0.29, 0.717) is 0 Å². The van der Waals surface area contributed by atoms with Crippen molar-refractivity contribution in [1.29, 1.82) is 0 Å². The lowest BCUT2D eigenvalue weighted by Crippen LogP contribution is -2.30. The van der Waals surface area contributed by atoms with Gasteiger partial charge in [0.15, 0.2) is 0 Å². The van der Waals surface area contributed by atoms with Crippen LogP contribution in [0.25, 0.3) is 0 Å². The smallest absolute Gasteiger partial charge is 0.207 e. The largest absolute Gasteiger partial charge is 0.357 e. The van der Waals surface area contributed by atoms with Crippen molar-refractivity contribution >= 4 is 6.41 Å². The van der Waals surface area contributed by atoms with E-state index in [-0.39, 0.29) is 0 Å². The summed E-state index contributed by atoms with van der Waals surface area (Å²) in [7, 11) is 0. The molecule has 0 aromatic heterocycles. The number of likely N-dealkylation sites (tertiary alicyclic amines) is 1. The van der Waals surface area contributed by atoms with Gasteiger partial charge in [-0.3, -0.25) is 4.79 Å². The van der Waals surface area contributed by atoms with Crippen LogP contribution in [0, 0.1) is 5.41 Å². The van der Waals surface area contributed by atoms with Crippen molar-refractivity contribution in [3.8, 4) is 0 Å². The third-order valence-corrected chi connectivity index (χ3v) is 3.13. The van der Waals surface area contributed by atoms with Crippen LogP contribution in [-0.4, -0.2) is 37.5 Å². The van der Waals surface area contributed by atoms with Crippen LogP contribution in [0.1, 0.15) is 19.3 Å². The summed E-state index contributed by atoms with van der Waals surface area (Å²) in [5.41, 5.74) is 0.723. The molecule has 0 atom stereocenters. The van der Waals surface area contributed by atoms with Gasteiger partial charge in [-0.05, 0) is 31.2 Å². The molecule has 1 heterocycles. The lowest BCUT2D eigenvalue weighted by Gasteiger charge is -2.14. The Kier molecular flexibility index (Phi) is 2.05. The maximum absolute atomic E-state index is 9.99. The van der Waals surface area contributed by atoms with Crippen LogP contribution in [0.5, 0.6) is 0 Å². The number of hydrogen-bond donors (Lipinski definition) is 1. The second-order valence-corrected chi connectivity index (χ2v) is 4.10. The maximum atomic E-state index is 9.99. The second kappa shape index (κ2) is 3.05. The Hall–Kier alpha value is -0.570. The van der Waals surface area contributed by atoms with E-state index in [0.717, 1.165) is 24.9 Å². The summed E-state index contributed by atoms with van der Waals surface area (Å²) in [5, 5.41) is 2.70. The summed E-state index contributed by atoms with van der Waals surface area (Å²) >= 11 is 0. The van der Waals surface area contributed by atoms with E-state index in [1.807, 2.05) is 0 Å². The normalized spacial score (nSPS) is 26.0. The van der Waals surface area contributed by atoms with Gasteiger partial charge in [0.2, 0.25) is 6.41 Å². The monoisotopic (exact) mass is 168 g/mol. The fourth-order valence-electron chi connectivity index (χ4n) is 2.09. The first kappa shape index (κ1) is 8.05. The Morgan fingerprint density at radius 1 is 1.42 bits per heavy atom. The topological polar surface area (TPSA) is 32.3 Å². The minimum Gasteiger partial charge on any atom is -0.357 e. The van der Waals surface area contributed by atoms with Crippen molar-refractivity contribution < 1.29 is 4.79 Å². The number of rotatable bonds is 4. The van der Waals surface area contributed by atoms with Crippen LogP contribution in [0.4, 0.5) is 0 Å². The molecule has 1 aliphatic carbocycles. The first-order valence-electron chi connectivity index (χ1n) is 4.74. The highest BCUT2D eigenvalue weighted by molar-refractivity contribution is 5.45. The van der Waals surface area contributed by atoms with E-state index in [1.54, 1.807) is 0 Å². The number of hydrogen-bond acceptors (Lipinski definition) is 2. The van der Waals surface area contributed by atoms with Crippen LogP contribution in [-0.2, 0) is 4.79 Å². The number of carbonyl (C=O) groups is 1. The zero-order valence-electron chi connectivity index (χ0n) is 7.38. The Labute approximate surface area is 73.1 Å². The van der Waals surface area contributed by atoms with Crippen LogP contribution < -0.4 is 5.32 Å². The maximum Gasteiger partial charge on any atom is 0.207 e. The van der Waals surface area contributed by atoms with E-state index < -0.39 is 0 Å². The molecule has 3 heteroatoms. The molecule has 2 rings (SSSR count). The van der Waals surface area contributed by atoms with Gasteiger partial charge in [-0.15, -0.1) is 0 Å². The number of amides is 1. The summed E-state index contributed by atoms with van der Waals surface area (Å²) in [6.07, 6.45) is 5.03. The molecule has 2 fully saturated rings. The average molecular weight is 168 g/mol. The zero-order chi connectivity index (χ0) is 8.44. The summed E-state index contributed by atoms with van der Waals surface area (Å²) in [4.78, 5) is 12.5. The molecule has 2 aliphatic rings. The van der Waals surface area contributed by atoms with Gasteiger partial charge in [0.05, 0.1) is 0 Å². The van der Waals surface area contributed by atoms with Crippen molar-refractivity contribution in [2.24, 2.45) is 5.41 Å². The second-order valence-electron chi connectivity index (χ2n) is 4.10. The van der Waals surface area contributed by atoms with Crippen LogP contribution in [0.3, 0.4) is 0 Å². The quantitative estimate of drug-likeness (QED) is 0.481. The Morgan fingerprint density at radius 3 is 2.83 bits per heavy atom. The van der Waals surface area contributed by atoms with Gasteiger partial charge in [0.1, 0.15) is 0 Å². The predicted molar refractivity (Wildman–Crippen MR) is 46.8 cm³/mol. The molecule has 1 spiro atoms. The molecule has 1 saturated carbocycles. The highest BCUT2D eigenvalue weighted by atomic mass is 16.1. The third-order valence-electron chi connectivity index (χ3n) is 3.13. The van der Waals surface area contributed by atoms with Crippen molar-refractivity contribution in [1.82, 2.24) is 10.2 Å². The molecule has 12 heavy (non-hydrogen) atoms. The van der Waals surface area contributed by atoms with Crippen molar-refractivity contribution in [3.63, 3.8) is 0 Å². The molecule has 1 saturated heterocycles. The standard InChI is InChI=1S/C9H16N2O/c12-8-10-4-6-11-5-3-9(7-11)1-2-9/h8H,1-7H2,(H,10,12). The van der Waals surface area contributed by atoms with E-state index in [2.05, 4.69) is 10.2 Å². The molecular formula is C9H16N2O. The van der Waals surface area contributed by atoms with Crippen LogP contribution in [0.15, 0.2) is 0 Å². The molecule has 0 bridgehead atoms. The molecule has 1 N–H and O–H groups in total. The zero-order valence-corrected chi connectivity index (χ0v) is 7.38. The molecule has 1 aliphatic heterocycles. The van der Waals surface area contributed by atoms with Crippen molar-refractivity contribution in [2.75, 3.05) is 26.2 Å². The number of nitrogens with zero attached hydrogens (tertiary/aromatic N) is 1. The number of carbonyl (C=O) groups excluding carboxylic acids is 1. The van der Waals surface area contributed by atoms with Gasteiger partial charge < -0.3 is 10.2 Å². The summed E-state index contributed by atoms with van der Waals surface area (Å²) in [6, 6.07) is 0. The molecular weight excluding hydrogens is 152 g/mol. The van der Waals surface area contributed by atoms with Gasteiger partial charge in [-0.2, -0.15) is 0 Å².